The van der Waals surface area contributed by atoms with Gasteiger partial charge < -0.3 is 14.8 Å². The number of aromatic carboxylic acids is 1. The third-order valence-electron chi connectivity index (χ3n) is 4.18. The highest BCUT2D eigenvalue weighted by atomic mass is 79.9. The molecule has 2 aromatic heterocycles. The Balaban J connectivity index is 1.88. The van der Waals surface area contributed by atoms with Gasteiger partial charge in [-0.05, 0) is 23.5 Å². The number of carboxylic acid groups (broad SMARTS) is 1. The van der Waals surface area contributed by atoms with Crippen molar-refractivity contribution < 1.29 is 19.1 Å². The topological polar surface area (TPSA) is 79.5 Å². The number of amides is 1. The number of allylic oxidation sites excluding steroid dienone is 5. The number of anilines is 1. The van der Waals surface area contributed by atoms with E-state index >= 15 is 0 Å². The Kier molecular flexibility index (Phi) is 6.85. The summed E-state index contributed by atoms with van der Waals surface area (Å²) in [6, 6.07) is 7.46. The van der Waals surface area contributed by atoms with Crippen LogP contribution in [0.1, 0.15) is 28.4 Å². The number of thiophene rings is 1. The molecular weight excluding hydrogens is 454 g/mol. The van der Waals surface area contributed by atoms with Crippen LogP contribution in [0.4, 0.5) is 5.00 Å². The molecule has 1 amide bonds. The fourth-order valence-corrected chi connectivity index (χ4v) is 4.07. The van der Waals surface area contributed by atoms with Crippen LogP contribution < -0.4 is 5.32 Å². The van der Waals surface area contributed by atoms with Gasteiger partial charge in [0.1, 0.15) is 16.1 Å². The summed E-state index contributed by atoms with van der Waals surface area (Å²) in [5, 5.41) is 15.4. The number of rotatable bonds is 7. The van der Waals surface area contributed by atoms with Crippen LogP contribution in [-0.2, 0) is 11.2 Å². The Morgan fingerprint density at radius 1 is 1.31 bits per heavy atom. The highest BCUT2D eigenvalue weighted by Crippen LogP contribution is 2.34. The Hall–Kier alpha value is -2.90. The highest BCUT2D eigenvalue weighted by molar-refractivity contribution is 9.11. The summed E-state index contributed by atoms with van der Waals surface area (Å²) in [7, 11) is 0. The molecule has 0 aliphatic carbocycles. The Bertz CT molecular complexity index is 1140. The minimum Gasteiger partial charge on any atom is -0.478 e. The second-order valence-electron chi connectivity index (χ2n) is 6.08. The van der Waals surface area contributed by atoms with Crippen LogP contribution in [0.3, 0.4) is 0 Å². The summed E-state index contributed by atoms with van der Waals surface area (Å²) in [5.74, 6) is -1.40. The number of carboxylic acids is 1. The molecule has 2 heterocycles. The molecule has 0 saturated heterocycles. The highest BCUT2D eigenvalue weighted by Gasteiger charge is 2.22. The quantitative estimate of drug-likeness (QED) is 0.399. The standard InChI is InChI=1S/C22H18BrNO4S/c1-2-6-14(7-5-10-23)17-13-29-21(20(17)22(26)27)24-19(25)11-15-12-28-18-9-4-3-8-16(15)18/h2-10,12-13H,11H2,1H3,(H,24,25)(H,26,27)/b6-2-,10-5+,14-7+. The number of hydrogen-bond donors (Lipinski definition) is 2. The molecule has 0 aliphatic heterocycles. The molecule has 0 atom stereocenters. The van der Waals surface area contributed by atoms with Crippen LogP contribution in [0.5, 0.6) is 0 Å². The van der Waals surface area contributed by atoms with E-state index in [9.17, 15) is 14.7 Å². The Labute approximate surface area is 180 Å². The van der Waals surface area contributed by atoms with Gasteiger partial charge in [-0.25, -0.2) is 4.79 Å². The molecule has 7 heteroatoms. The minimum absolute atomic E-state index is 0.0766. The molecule has 1 aromatic carbocycles. The van der Waals surface area contributed by atoms with Crippen molar-refractivity contribution in [3.05, 3.63) is 81.9 Å². The number of para-hydroxylation sites is 1. The molecule has 5 nitrogen and oxygen atoms in total. The maximum absolute atomic E-state index is 12.6. The molecular formula is C22H18BrNO4S. The lowest BCUT2D eigenvalue weighted by Gasteiger charge is -2.06. The zero-order valence-electron chi connectivity index (χ0n) is 15.5. The molecule has 0 aliphatic rings. The van der Waals surface area contributed by atoms with Crippen molar-refractivity contribution in [2.45, 2.75) is 13.3 Å². The summed E-state index contributed by atoms with van der Waals surface area (Å²) < 4.78 is 5.47. The lowest BCUT2D eigenvalue weighted by Crippen LogP contribution is -2.15. The number of furan rings is 1. The largest absolute Gasteiger partial charge is 0.478 e. The van der Waals surface area contributed by atoms with Crippen LogP contribution >= 0.6 is 27.3 Å². The summed E-state index contributed by atoms with van der Waals surface area (Å²) in [5.41, 5.74) is 2.82. The number of carbonyl (C=O) groups excluding carboxylic acids is 1. The smallest absolute Gasteiger partial charge is 0.339 e. The van der Waals surface area contributed by atoms with Crippen LogP contribution in [-0.4, -0.2) is 17.0 Å². The molecule has 0 bridgehead atoms. The van der Waals surface area contributed by atoms with Crippen molar-refractivity contribution in [1.29, 1.82) is 0 Å². The zero-order valence-corrected chi connectivity index (χ0v) is 17.9. The molecule has 0 unspecified atom stereocenters. The summed E-state index contributed by atoms with van der Waals surface area (Å²) in [4.78, 5) is 26.2. The summed E-state index contributed by atoms with van der Waals surface area (Å²) in [6.07, 6.45) is 8.87. The second-order valence-corrected chi connectivity index (χ2v) is 7.49. The van der Waals surface area contributed by atoms with E-state index in [0.717, 1.165) is 16.5 Å². The number of hydrogen-bond acceptors (Lipinski definition) is 4. The molecule has 2 N–H and O–H groups in total. The van der Waals surface area contributed by atoms with Crippen molar-refractivity contribution in [3.63, 3.8) is 0 Å². The van der Waals surface area contributed by atoms with Crippen LogP contribution in [0.25, 0.3) is 16.5 Å². The van der Waals surface area contributed by atoms with Gasteiger partial charge in [-0.1, -0.05) is 58.4 Å². The molecule has 0 saturated carbocycles. The lowest BCUT2D eigenvalue weighted by atomic mass is 10.0. The van der Waals surface area contributed by atoms with Gasteiger partial charge in [0.25, 0.3) is 0 Å². The monoisotopic (exact) mass is 471 g/mol. The predicted molar refractivity (Wildman–Crippen MR) is 121 cm³/mol. The lowest BCUT2D eigenvalue weighted by molar-refractivity contribution is -0.115. The summed E-state index contributed by atoms with van der Waals surface area (Å²) >= 11 is 4.39. The minimum atomic E-state index is -1.09. The third kappa shape index (κ3) is 4.75. The van der Waals surface area contributed by atoms with Crippen LogP contribution in [0.2, 0.25) is 0 Å². The first-order valence-electron chi connectivity index (χ1n) is 8.75. The normalized spacial score (nSPS) is 12.3. The molecule has 0 fully saturated rings. The van der Waals surface area contributed by atoms with Gasteiger partial charge in [0.15, 0.2) is 0 Å². The third-order valence-corrected chi connectivity index (χ3v) is 5.38. The first-order chi connectivity index (χ1) is 14.0. The maximum Gasteiger partial charge on any atom is 0.339 e. The SMILES string of the molecule is C\C=C/C(=C\C=C\Br)c1csc(NC(=O)Cc2coc3ccccc23)c1C(=O)O. The van der Waals surface area contributed by atoms with Gasteiger partial charge in [-0.2, -0.15) is 0 Å². The first-order valence-corrected chi connectivity index (χ1v) is 10.5. The predicted octanol–water partition coefficient (Wildman–Crippen LogP) is 6.24. The van der Waals surface area contributed by atoms with Crippen molar-refractivity contribution >= 4 is 60.7 Å². The Morgan fingerprint density at radius 3 is 2.83 bits per heavy atom. The molecule has 29 heavy (non-hydrogen) atoms. The van der Waals surface area contributed by atoms with Gasteiger partial charge in [0, 0.05) is 21.9 Å². The molecule has 0 spiro atoms. The van der Waals surface area contributed by atoms with Crippen molar-refractivity contribution in [2.24, 2.45) is 0 Å². The van der Waals surface area contributed by atoms with Crippen molar-refractivity contribution in [2.75, 3.05) is 5.32 Å². The average molecular weight is 472 g/mol. The van der Waals surface area contributed by atoms with E-state index in [1.807, 2.05) is 43.3 Å². The van der Waals surface area contributed by atoms with E-state index in [1.165, 1.54) is 11.3 Å². The van der Waals surface area contributed by atoms with Gasteiger partial charge in [0.05, 0.1) is 12.7 Å². The molecule has 0 radical (unpaired) electrons. The number of nitrogens with one attached hydrogen (secondary N) is 1. The van der Waals surface area contributed by atoms with Crippen LogP contribution in [0, 0.1) is 0 Å². The number of carbonyl (C=O) groups is 2. The van der Waals surface area contributed by atoms with E-state index in [0.29, 0.717) is 16.1 Å². The van der Waals surface area contributed by atoms with Crippen molar-refractivity contribution in [1.82, 2.24) is 0 Å². The first kappa shape index (κ1) is 20.8. The van der Waals surface area contributed by atoms with Gasteiger partial charge in [0.2, 0.25) is 5.91 Å². The van der Waals surface area contributed by atoms with E-state index in [4.69, 9.17) is 4.42 Å². The summed E-state index contributed by atoms with van der Waals surface area (Å²) in [6.45, 7) is 1.86. The maximum atomic E-state index is 12.6. The van der Waals surface area contributed by atoms with Gasteiger partial charge in [-0.3, -0.25) is 4.79 Å². The molecule has 3 rings (SSSR count). The number of halogens is 1. The fraction of sp³-hybridized carbons (Fsp3) is 0.0909. The molecule has 3 aromatic rings. The zero-order chi connectivity index (χ0) is 20.8. The average Bonchev–Trinajstić information content (AvgIpc) is 3.30. The van der Waals surface area contributed by atoms with E-state index < -0.39 is 5.97 Å². The number of fused-ring (bicyclic) bond motifs is 1. The van der Waals surface area contributed by atoms with Gasteiger partial charge >= 0.3 is 5.97 Å². The van der Waals surface area contributed by atoms with Crippen LogP contribution in [0.15, 0.2) is 69.6 Å². The van der Waals surface area contributed by atoms with E-state index in [2.05, 4.69) is 21.2 Å². The van der Waals surface area contributed by atoms with Gasteiger partial charge in [-0.15, -0.1) is 11.3 Å². The molecule has 148 valence electrons. The second kappa shape index (κ2) is 9.54. The van der Waals surface area contributed by atoms with E-state index in [1.54, 1.807) is 28.8 Å². The van der Waals surface area contributed by atoms with E-state index in [-0.39, 0.29) is 17.9 Å². The van der Waals surface area contributed by atoms with Crippen molar-refractivity contribution in [3.8, 4) is 0 Å². The Morgan fingerprint density at radius 2 is 2.10 bits per heavy atom. The fourth-order valence-electron chi connectivity index (χ4n) is 2.94. The number of benzene rings is 1.